The Labute approximate surface area is 112 Å². The summed E-state index contributed by atoms with van der Waals surface area (Å²) in [6.45, 7) is 0. The molecule has 5 heteroatoms. The van der Waals surface area contributed by atoms with E-state index in [1.807, 2.05) is 6.07 Å². The molecule has 4 nitrogen and oxygen atoms in total. The highest BCUT2D eigenvalue weighted by Gasteiger charge is 2.54. The highest BCUT2D eigenvalue weighted by Crippen LogP contribution is 2.54. The summed E-state index contributed by atoms with van der Waals surface area (Å²) in [4.78, 5) is 0. The van der Waals surface area contributed by atoms with Crippen molar-refractivity contribution in [3.8, 4) is 6.07 Å². The number of hydrogen-bond donors (Lipinski definition) is 3. The van der Waals surface area contributed by atoms with Gasteiger partial charge in [-0.1, -0.05) is 42.4 Å². The van der Waals surface area contributed by atoms with Crippen LogP contribution in [0.25, 0.3) is 0 Å². The molecule has 1 aliphatic rings. The van der Waals surface area contributed by atoms with Crippen LogP contribution in [0.15, 0.2) is 42.4 Å². The molecular formula is C14H16BNO3. The Kier molecular flexibility index (Phi) is 3.77. The smallest absolute Gasteiger partial charge is 0.424 e. The normalized spacial score (nSPS) is 20.3. The third kappa shape index (κ3) is 2.30. The minimum absolute atomic E-state index is 0.591. The van der Waals surface area contributed by atoms with Crippen molar-refractivity contribution in [2.24, 2.45) is 5.41 Å². The molecule has 2 rings (SSSR count). The van der Waals surface area contributed by atoms with Crippen LogP contribution in [0.5, 0.6) is 0 Å². The largest absolute Gasteiger partial charge is 0.480 e. The molecule has 98 valence electrons. The average molecular weight is 257 g/mol. The lowest BCUT2D eigenvalue weighted by Gasteiger charge is -2.47. The number of nitriles is 1. The summed E-state index contributed by atoms with van der Waals surface area (Å²) in [5.74, 6) is 1.10. The Balaban J connectivity index is 2.48. The van der Waals surface area contributed by atoms with Gasteiger partial charge in [-0.25, -0.2) is 0 Å². The van der Waals surface area contributed by atoms with Crippen LogP contribution in [0, 0.1) is 16.7 Å². The van der Waals surface area contributed by atoms with Crippen molar-refractivity contribution in [2.45, 2.75) is 24.9 Å². The summed E-state index contributed by atoms with van der Waals surface area (Å²) in [5, 5.41) is 38.3. The zero-order valence-electron chi connectivity index (χ0n) is 10.5. The molecule has 1 aromatic rings. The predicted molar refractivity (Wildman–Crippen MR) is 71.6 cm³/mol. The van der Waals surface area contributed by atoms with Crippen LogP contribution in [0.1, 0.15) is 24.8 Å². The summed E-state index contributed by atoms with van der Waals surface area (Å²) in [6, 6.07) is 11.1. The van der Waals surface area contributed by atoms with Gasteiger partial charge < -0.3 is 15.2 Å². The van der Waals surface area contributed by atoms with Crippen LogP contribution in [-0.4, -0.2) is 22.3 Å². The highest BCUT2D eigenvalue weighted by molar-refractivity contribution is 6.47. The van der Waals surface area contributed by atoms with Gasteiger partial charge in [-0.05, 0) is 24.8 Å². The molecule has 19 heavy (non-hydrogen) atoms. The molecule has 1 aliphatic carbocycles. The first kappa shape index (κ1) is 13.8. The number of benzene rings is 1. The molecule has 0 aromatic heterocycles. The van der Waals surface area contributed by atoms with E-state index in [9.17, 15) is 10.4 Å². The van der Waals surface area contributed by atoms with Crippen LogP contribution < -0.4 is 0 Å². The summed E-state index contributed by atoms with van der Waals surface area (Å²) in [7, 11) is -1.65. The third-order valence-electron chi connectivity index (χ3n) is 3.87. The Bertz CT molecular complexity index is 505. The fraction of sp³-hybridized carbons (Fsp3) is 0.357. The average Bonchev–Trinajstić information content (AvgIpc) is 2.36. The van der Waals surface area contributed by atoms with Gasteiger partial charge in [0.2, 0.25) is 0 Å². The minimum atomic E-state index is -1.65. The summed E-state index contributed by atoms with van der Waals surface area (Å²) < 4.78 is 0. The molecule has 1 atom stereocenters. The predicted octanol–water partition coefficient (Wildman–Crippen LogP) is 1.14. The standard InChI is InChI=1S/C14H16BNO3/c16-11-13(7-4-8-13)14(17,9-10-15(18)19)12-5-2-1-3-6-12/h1-3,5-6,9-10,17-19H,4,7-8H2/b10-9+/t14-/m0/s1. The van der Waals surface area contributed by atoms with Crippen LogP contribution in [-0.2, 0) is 5.60 Å². The number of rotatable bonds is 4. The lowest BCUT2D eigenvalue weighted by Crippen LogP contribution is -2.48. The quantitative estimate of drug-likeness (QED) is 0.706. The maximum Gasteiger partial charge on any atom is 0.480 e. The van der Waals surface area contributed by atoms with E-state index in [-0.39, 0.29) is 0 Å². The van der Waals surface area contributed by atoms with Crippen molar-refractivity contribution in [3.05, 3.63) is 47.9 Å². The van der Waals surface area contributed by atoms with Crippen molar-refractivity contribution < 1.29 is 15.2 Å². The van der Waals surface area contributed by atoms with Gasteiger partial charge in [0.1, 0.15) is 5.60 Å². The van der Waals surface area contributed by atoms with E-state index in [2.05, 4.69) is 6.07 Å². The Hall–Kier alpha value is -1.61. The molecule has 1 fully saturated rings. The van der Waals surface area contributed by atoms with E-state index in [0.29, 0.717) is 18.4 Å². The number of nitrogens with zero attached hydrogens (tertiary/aromatic N) is 1. The first-order valence-corrected chi connectivity index (χ1v) is 6.29. The van der Waals surface area contributed by atoms with Crippen molar-refractivity contribution in [1.82, 2.24) is 0 Å². The van der Waals surface area contributed by atoms with Crippen LogP contribution in [0.4, 0.5) is 0 Å². The van der Waals surface area contributed by atoms with Gasteiger partial charge in [0.05, 0.1) is 11.5 Å². The van der Waals surface area contributed by atoms with Crippen molar-refractivity contribution in [1.29, 1.82) is 5.26 Å². The molecule has 0 radical (unpaired) electrons. The van der Waals surface area contributed by atoms with E-state index in [0.717, 1.165) is 12.4 Å². The van der Waals surface area contributed by atoms with Crippen molar-refractivity contribution >= 4 is 7.12 Å². The minimum Gasteiger partial charge on any atom is -0.424 e. The second kappa shape index (κ2) is 5.18. The maximum absolute atomic E-state index is 11.0. The summed E-state index contributed by atoms with van der Waals surface area (Å²) in [6.07, 6.45) is 3.41. The lowest BCUT2D eigenvalue weighted by molar-refractivity contribution is -0.0612. The SMILES string of the molecule is N#CC1([C@](O)(/C=C/B(O)O)c2ccccc2)CCC1. The highest BCUT2D eigenvalue weighted by atomic mass is 16.4. The Morgan fingerprint density at radius 3 is 2.32 bits per heavy atom. The van der Waals surface area contributed by atoms with Gasteiger partial charge >= 0.3 is 7.12 Å². The molecule has 0 aliphatic heterocycles. The Morgan fingerprint density at radius 2 is 1.89 bits per heavy atom. The maximum atomic E-state index is 11.0. The van der Waals surface area contributed by atoms with E-state index in [1.165, 1.54) is 6.08 Å². The van der Waals surface area contributed by atoms with Crippen molar-refractivity contribution in [3.63, 3.8) is 0 Å². The molecule has 0 bridgehead atoms. The molecule has 1 aromatic carbocycles. The van der Waals surface area contributed by atoms with Gasteiger partial charge in [-0.15, -0.1) is 0 Å². The first-order valence-electron chi connectivity index (χ1n) is 6.29. The van der Waals surface area contributed by atoms with Gasteiger partial charge in [0.15, 0.2) is 0 Å². The molecule has 0 unspecified atom stereocenters. The molecular weight excluding hydrogens is 241 g/mol. The zero-order chi connectivity index (χ0) is 13.9. The topological polar surface area (TPSA) is 84.5 Å². The van der Waals surface area contributed by atoms with E-state index >= 15 is 0 Å². The number of aliphatic hydroxyl groups is 1. The monoisotopic (exact) mass is 257 g/mol. The van der Waals surface area contributed by atoms with Crippen LogP contribution >= 0.6 is 0 Å². The van der Waals surface area contributed by atoms with E-state index in [4.69, 9.17) is 10.0 Å². The second-order valence-corrected chi connectivity index (χ2v) is 4.95. The molecule has 1 saturated carbocycles. The number of hydrogen-bond acceptors (Lipinski definition) is 4. The molecule has 0 saturated heterocycles. The zero-order valence-corrected chi connectivity index (χ0v) is 10.5. The molecule has 0 amide bonds. The van der Waals surface area contributed by atoms with Gasteiger partial charge in [-0.2, -0.15) is 5.26 Å². The van der Waals surface area contributed by atoms with Crippen LogP contribution in [0.2, 0.25) is 0 Å². The van der Waals surface area contributed by atoms with E-state index < -0.39 is 18.1 Å². The van der Waals surface area contributed by atoms with Gasteiger partial charge in [0.25, 0.3) is 0 Å². The van der Waals surface area contributed by atoms with Crippen LogP contribution in [0.3, 0.4) is 0 Å². The second-order valence-electron chi connectivity index (χ2n) is 4.95. The summed E-state index contributed by atoms with van der Waals surface area (Å²) >= 11 is 0. The fourth-order valence-electron chi connectivity index (χ4n) is 2.56. The molecule has 3 N–H and O–H groups in total. The lowest BCUT2D eigenvalue weighted by atomic mass is 9.57. The van der Waals surface area contributed by atoms with E-state index in [1.54, 1.807) is 24.3 Å². The van der Waals surface area contributed by atoms with Gasteiger partial charge in [0, 0.05) is 0 Å². The Morgan fingerprint density at radius 1 is 1.26 bits per heavy atom. The van der Waals surface area contributed by atoms with Crippen molar-refractivity contribution in [2.75, 3.05) is 0 Å². The fourth-order valence-corrected chi connectivity index (χ4v) is 2.56. The van der Waals surface area contributed by atoms with Gasteiger partial charge in [-0.3, -0.25) is 0 Å². The molecule has 0 heterocycles. The summed E-state index contributed by atoms with van der Waals surface area (Å²) in [5.41, 5.74) is -1.79. The first-order chi connectivity index (χ1) is 9.04. The third-order valence-corrected chi connectivity index (χ3v) is 3.87. The molecule has 0 spiro atoms.